The molecule has 7 heteroatoms. The Morgan fingerprint density at radius 1 is 1.19 bits per heavy atom. The van der Waals surface area contributed by atoms with Crippen molar-refractivity contribution in [3.63, 3.8) is 0 Å². The van der Waals surface area contributed by atoms with E-state index in [1.54, 1.807) is 18.2 Å². The van der Waals surface area contributed by atoms with E-state index in [4.69, 9.17) is 16.9 Å². The molecule has 3 rings (SSSR count). The summed E-state index contributed by atoms with van der Waals surface area (Å²) < 4.78 is 26.2. The van der Waals surface area contributed by atoms with Crippen molar-refractivity contribution in [1.29, 1.82) is 5.26 Å². The smallest absolute Gasteiger partial charge is 0.236 e. The van der Waals surface area contributed by atoms with E-state index in [9.17, 15) is 8.42 Å². The summed E-state index contributed by atoms with van der Waals surface area (Å²) in [6.07, 6.45) is 2.65. The zero-order valence-corrected chi connectivity index (χ0v) is 12.1. The normalized spacial score (nSPS) is 11.4. The summed E-state index contributed by atoms with van der Waals surface area (Å²) in [5.41, 5.74) is 0.405. The van der Waals surface area contributed by atoms with Crippen molar-refractivity contribution in [2.75, 3.05) is 0 Å². The third-order valence-corrected chi connectivity index (χ3v) is 5.12. The van der Waals surface area contributed by atoms with Crippen LogP contribution in [-0.2, 0) is 10.0 Å². The average Bonchev–Trinajstić information content (AvgIpc) is 2.94. The lowest BCUT2D eigenvalue weighted by molar-refractivity contribution is 0.589. The molecule has 0 fully saturated rings. The largest absolute Gasteiger partial charge is 0.269 e. The number of nitrogens with zero attached hydrogens (tertiary/aromatic N) is 3. The maximum atomic E-state index is 12.6. The predicted octanol–water partition coefficient (Wildman–Crippen LogP) is 2.80. The van der Waals surface area contributed by atoms with Crippen molar-refractivity contribution in [2.24, 2.45) is 0 Å². The third-order valence-electron chi connectivity index (χ3n) is 3.04. The zero-order valence-electron chi connectivity index (χ0n) is 10.6. The Morgan fingerprint density at radius 3 is 2.57 bits per heavy atom. The number of aromatic nitrogens is 2. The van der Waals surface area contributed by atoms with E-state index in [0.717, 1.165) is 3.97 Å². The Balaban J connectivity index is 2.28. The van der Waals surface area contributed by atoms with Crippen molar-refractivity contribution < 1.29 is 8.42 Å². The molecule has 21 heavy (non-hydrogen) atoms. The third kappa shape index (κ3) is 2.07. The molecular weight excluding hydrogens is 310 g/mol. The van der Waals surface area contributed by atoms with Crippen molar-refractivity contribution in [2.45, 2.75) is 4.90 Å². The van der Waals surface area contributed by atoms with Crippen LogP contribution in [0, 0.1) is 11.3 Å². The van der Waals surface area contributed by atoms with Crippen LogP contribution in [0.2, 0.25) is 5.02 Å². The molecule has 0 unspecified atom stereocenters. The molecule has 5 nitrogen and oxygen atoms in total. The number of pyridine rings is 1. The van der Waals surface area contributed by atoms with Gasteiger partial charge in [0.1, 0.15) is 6.07 Å². The lowest BCUT2D eigenvalue weighted by Gasteiger charge is -2.07. The van der Waals surface area contributed by atoms with Crippen LogP contribution in [0.15, 0.2) is 53.7 Å². The second kappa shape index (κ2) is 4.88. The summed E-state index contributed by atoms with van der Waals surface area (Å²) in [5, 5.41) is 9.55. The first-order chi connectivity index (χ1) is 10.1. The molecule has 0 amide bonds. The lowest BCUT2D eigenvalue weighted by atomic mass is 10.2. The average molecular weight is 318 g/mol. The molecule has 1 aromatic carbocycles. The Hall–Kier alpha value is -2.36. The number of hydrogen-bond acceptors (Lipinski definition) is 4. The molecule has 0 radical (unpaired) electrons. The van der Waals surface area contributed by atoms with Gasteiger partial charge in [-0.3, -0.25) is 0 Å². The SMILES string of the molecule is N#Cc1cnc2c(ccn2S(=O)(=O)c2ccccc2)c1Cl. The molecule has 0 bridgehead atoms. The number of fused-ring (bicyclic) bond motifs is 1. The van der Waals surface area contributed by atoms with E-state index in [-0.39, 0.29) is 21.1 Å². The van der Waals surface area contributed by atoms with Crippen molar-refractivity contribution >= 4 is 32.7 Å². The fourth-order valence-corrected chi connectivity index (χ4v) is 3.57. The first-order valence-corrected chi connectivity index (χ1v) is 7.74. The maximum Gasteiger partial charge on any atom is 0.269 e. The molecule has 0 aliphatic carbocycles. The molecule has 104 valence electrons. The fourth-order valence-electron chi connectivity index (χ4n) is 2.01. The van der Waals surface area contributed by atoms with Crippen LogP contribution in [0.3, 0.4) is 0 Å². The van der Waals surface area contributed by atoms with Gasteiger partial charge >= 0.3 is 0 Å². The monoisotopic (exact) mass is 317 g/mol. The molecular formula is C14H8ClN3O2S. The van der Waals surface area contributed by atoms with E-state index in [0.29, 0.717) is 5.39 Å². The summed E-state index contributed by atoms with van der Waals surface area (Å²) in [7, 11) is -3.75. The summed E-state index contributed by atoms with van der Waals surface area (Å²) in [5.74, 6) is 0. The Bertz CT molecular complexity index is 973. The quantitative estimate of drug-likeness (QED) is 0.728. The molecule has 0 saturated carbocycles. The minimum Gasteiger partial charge on any atom is -0.236 e. The standard InChI is InChI=1S/C14H8ClN3O2S/c15-13-10(8-16)9-17-14-12(13)6-7-18(14)21(19,20)11-4-2-1-3-5-11/h1-7,9H. The van der Waals surface area contributed by atoms with Crippen LogP contribution < -0.4 is 0 Å². The number of nitriles is 1. The molecule has 0 aliphatic heterocycles. The molecule has 0 spiro atoms. The number of benzene rings is 1. The van der Waals surface area contributed by atoms with Gasteiger partial charge in [-0.2, -0.15) is 5.26 Å². The topological polar surface area (TPSA) is 75.8 Å². The van der Waals surface area contributed by atoms with Gasteiger partial charge in [0.2, 0.25) is 0 Å². The summed E-state index contributed by atoms with van der Waals surface area (Å²) in [4.78, 5) is 4.20. The summed E-state index contributed by atoms with van der Waals surface area (Å²) in [6, 6.07) is 11.5. The van der Waals surface area contributed by atoms with Crippen LogP contribution in [0.4, 0.5) is 0 Å². The van der Waals surface area contributed by atoms with Crippen LogP contribution >= 0.6 is 11.6 Å². The van der Waals surface area contributed by atoms with Crippen molar-refractivity contribution in [1.82, 2.24) is 8.96 Å². The van der Waals surface area contributed by atoms with Gasteiger partial charge in [0.15, 0.2) is 5.65 Å². The van der Waals surface area contributed by atoms with Gasteiger partial charge < -0.3 is 0 Å². The maximum absolute atomic E-state index is 12.6. The van der Waals surface area contributed by atoms with Crippen LogP contribution in [0.1, 0.15) is 5.56 Å². The minimum atomic E-state index is -3.75. The Morgan fingerprint density at radius 2 is 1.90 bits per heavy atom. The van der Waals surface area contributed by atoms with E-state index in [2.05, 4.69) is 4.98 Å². The molecule has 3 aromatic rings. The molecule has 2 aromatic heterocycles. The molecule has 0 atom stereocenters. The van der Waals surface area contributed by atoms with E-state index >= 15 is 0 Å². The van der Waals surface area contributed by atoms with Gasteiger partial charge in [-0.1, -0.05) is 29.8 Å². The van der Waals surface area contributed by atoms with Gasteiger partial charge in [-0.15, -0.1) is 0 Å². The predicted molar refractivity (Wildman–Crippen MR) is 78.5 cm³/mol. The zero-order chi connectivity index (χ0) is 15.0. The number of hydrogen-bond donors (Lipinski definition) is 0. The van der Waals surface area contributed by atoms with Gasteiger partial charge in [-0.05, 0) is 18.2 Å². The molecule has 2 heterocycles. The van der Waals surface area contributed by atoms with Gasteiger partial charge in [0.25, 0.3) is 10.0 Å². The fraction of sp³-hybridized carbons (Fsp3) is 0. The van der Waals surface area contributed by atoms with E-state index in [1.165, 1.54) is 30.6 Å². The highest BCUT2D eigenvalue weighted by molar-refractivity contribution is 7.90. The van der Waals surface area contributed by atoms with Crippen LogP contribution in [0.5, 0.6) is 0 Å². The van der Waals surface area contributed by atoms with Gasteiger partial charge in [0, 0.05) is 17.8 Å². The first-order valence-electron chi connectivity index (χ1n) is 5.92. The lowest BCUT2D eigenvalue weighted by Crippen LogP contribution is -2.12. The number of rotatable bonds is 2. The van der Waals surface area contributed by atoms with E-state index < -0.39 is 10.0 Å². The Labute approximate surface area is 126 Å². The number of halogens is 1. The second-order valence-electron chi connectivity index (χ2n) is 4.26. The summed E-state index contributed by atoms with van der Waals surface area (Å²) >= 11 is 6.08. The second-order valence-corrected chi connectivity index (χ2v) is 6.46. The molecule has 0 saturated heterocycles. The van der Waals surface area contributed by atoms with E-state index in [1.807, 2.05) is 6.07 Å². The van der Waals surface area contributed by atoms with Crippen molar-refractivity contribution in [3.05, 3.63) is 59.4 Å². The highest BCUT2D eigenvalue weighted by Crippen LogP contribution is 2.28. The first kappa shape index (κ1) is 13.6. The molecule has 0 N–H and O–H groups in total. The van der Waals surface area contributed by atoms with Crippen LogP contribution in [0.25, 0.3) is 11.0 Å². The Kier molecular flexibility index (Phi) is 3.16. The van der Waals surface area contributed by atoms with Gasteiger partial charge in [0.05, 0.1) is 15.5 Å². The van der Waals surface area contributed by atoms with Gasteiger partial charge in [-0.25, -0.2) is 17.4 Å². The summed E-state index contributed by atoms with van der Waals surface area (Å²) in [6.45, 7) is 0. The van der Waals surface area contributed by atoms with Crippen molar-refractivity contribution in [3.8, 4) is 6.07 Å². The van der Waals surface area contributed by atoms with Crippen LogP contribution in [-0.4, -0.2) is 17.4 Å². The molecule has 0 aliphatic rings. The highest BCUT2D eigenvalue weighted by atomic mass is 35.5. The minimum absolute atomic E-state index is 0.157. The highest BCUT2D eigenvalue weighted by Gasteiger charge is 2.20.